The molecule has 1 aromatic carbocycles. The van der Waals surface area contributed by atoms with Crippen LogP contribution in [0.4, 0.5) is 0 Å². The fourth-order valence-corrected chi connectivity index (χ4v) is 1.68. The van der Waals surface area contributed by atoms with Crippen LogP contribution in [0.1, 0.15) is 24.0 Å². The summed E-state index contributed by atoms with van der Waals surface area (Å²) in [6.45, 7) is 6.00. The standard InChI is InChI=1S/C10H12.C2H4/c1-2-6-10-8-4-3-7-9(10)5-1;1-2/h1-2,5-6H,3-4,7-8H2;1-2H2. The molecule has 1 aliphatic carbocycles. The highest BCUT2D eigenvalue weighted by atomic mass is 14.1. The van der Waals surface area contributed by atoms with E-state index in [1.807, 2.05) is 0 Å². The Morgan fingerprint density at radius 3 is 1.67 bits per heavy atom. The quantitative estimate of drug-likeness (QED) is 0.510. The van der Waals surface area contributed by atoms with E-state index in [2.05, 4.69) is 37.4 Å². The average molecular weight is 160 g/mol. The van der Waals surface area contributed by atoms with Gasteiger partial charge in [0.15, 0.2) is 0 Å². The van der Waals surface area contributed by atoms with Crippen molar-refractivity contribution < 1.29 is 0 Å². The summed E-state index contributed by atoms with van der Waals surface area (Å²) in [5, 5.41) is 0. The molecule has 0 saturated heterocycles. The van der Waals surface area contributed by atoms with Crippen molar-refractivity contribution in [3.8, 4) is 0 Å². The Morgan fingerprint density at radius 1 is 0.833 bits per heavy atom. The zero-order chi connectivity index (χ0) is 8.81. The minimum Gasteiger partial charge on any atom is -0.106 e. The van der Waals surface area contributed by atoms with Gasteiger partial charge < -0.3 is 0 Å². The first-order valence-corrected chi connectivity index (χ1v) is 4.53. The number of hydrogen-bond donors (Lipinski definition) is 0. The fourth-order valence-electron chi connectivity index (χ4n) is 1.68. The van der Waals surface area contributed by atoms with Crippen molar-refractivity contribution in [1.82, 2.24) is 0 Å². The van der Waals surface area contributed by atoms with E-state index in [9.17, 15) is 0 Å². The molecule has 0 atom stereocenters. The van der Waals surface area contributed by atoms with E-state index in [1.54, 1.807) is 11.1 Å². The summed E-state index contributed by atoms with van der Waals surface area (Å²) in [7, 11) is 0. The van der Waals surface area contributed by atoms with Crippen molar-refractivity contribution in [3.05, 3.63) is 48.6 Å². The van der Waals surface area contributed by atoms with Gasteiger partial charge in [0.1, 0.15) is 0 Å². The number of rotatable bonds is 0. The van der Waals surface area contributed by atoms with Gasteiger partial charge in [-0.15, -0.1) is 13.2 Å². The van der Waals surface area contributed by atoms with Gasteiger partial charge >= 0.3 is 0 Å². The highest BCUT2D eigenvalue weighted by Gasteiger charge is 2.05. The Morgan fingerprint density at radius 2 is 1.25 bits per heavy atom. The monoisotopic (exact) mass is 160 g/mol. The highest BCUT2D eigenvalue weighted by Crippen LogP contribution is 2.19. The normalized spacial score (nSPS) is 14.0. The van der Waals surface area contributed by atoms with Crippen molar-refractivity contribution in [2.24, 2.45) is 0 Å². The van der Waals surface area contributed by atoms with Gasteiger partial charge in [-0.3, -0.25) is 0 Å². The molecule has 0 aliphatic heterocycles. The predicted octanol–water partition coefficient (Wildman–Crippen LogP) is 3.37. The molecule has 12 heavy (non-hydrogen) atoms. The first-order chi connectivity index (χ1) is 5.97. The lowest BCUT2D eigenvalue weighted by Crippen LogP contribution is -2.00. The van der Waals surface area contributed by atoms with Crippen LogP contribution in [0.2, 0.25) is 0 Å². The largest absolute Gasteiger partial charge is 0.106 e. The van der Waals surface area contributed by atoms with Gasteiger partial charge in [0, 0.05) is 0 Å². The third-order valence-electron chi connectivity index (χ3n) is 2.26. The summed E-state index contributed by atoms with van der Waals surface area (Å²) < 4.78 is 0. The number of aryl methyl sites for hydroxylation is 2. The smallest absolute Gasteiger partial charge is 0.0276 e. The van der Waals surface area contributed by atoms with Crippen LogP contribution >= 0.6 is 0 Å². The molecule has 0 heterocycles. The molecule has 0 spiro atoms. The molecule has 0 amide bonds. The molecule has 0 saturated carbocycles. The van der Waals surface area contributed by atoms with Gasteiger partial charge in [-0.2, -0.15) is 0 Å². The van der Waals surface area contributed by atoms with Crippen LogP contribution in [0.25, 0.3) is 0 Å². The van der Waals surface area contributed by atoms with Crippen LogP contribution in [0.3, 0.4) is 0 Å². The lowest BCUT2D eigenvalue weighted by molar-refractivity contribution is 0.685. The zero-order valence-electron chi connectivity index (χ0n) is 7.55. The molecule has 1 aromatic rings. The van der Waals surface area contributed by atoms with E-state index in [1.165, 1.54) is 25.7 Å². The van der Waals surface area contributed by atoms with Crippen molar-refractivity contribution in [3.63, 3.8) is 0 Å². The zero-order valence-corrected chi connectivity index (χ0v) is 7.55. The first-order valence-electron chi connectivity index (χ1n) is 4.53. The van der Waals surface area contributed by atoms with E-state index in [4.69, 9.17) is 0 Å². The van der Waals surface area contributed by atoms with Gasteiger partial charge in [-0.1, -0.05) is 24.3 Å². The number of benzene rings is 1. The Bertz CT molecular complexity index is 213. The van der Waals surface area contributed by atoms with E-state index in [0.717, 1.165) is 0 Å². The first kappa shape index (κ1) is 9.05. The lowest BCUT2D eigenvalue weighted by atomic mass is 9.92. The van der Waals surface area contributed by atoms with Crippen LogP contribution in [0.5, 0.6) is 0 Å². The minimum absolute atomic E-state index is 1.30. The maximum absolute atomic E-state index is 3.00. The second-order valence-corrected chi connectivity index (χ2v) is 2.98. The number of hydrogen-bond acceptors (Lipinski definition) is 0. The molecule has 2 rings (SSSR count). The molecule has 0 nitrogen and oxygen atoms in total. The Hall–Kier alpha value is -1.04. The summed E-state index contributed by atoms with van der Waals surface area (Å²) in [4.78, 5) is 0. The summed E-state index contributed by atoms with van der Waals surface area (Å²) in [6.07, 6.45) is 5.38. The second kappa shape index (κ2) is 4.76. The molecule has 0 heteroatoms. The van der Waals surface area contributed by atoms with Crippen molar-refractivity contribution in [2.75, 3.05) is 0 Å². The second-order valence-electron chi connectivity index (χ2n) is 2.98. The van der Waals surface area contributed by atoms with Gasteiger partial charge in [0.25, 0.3) is 0 Å². The summed E-state index contributed by atoms with van der Waals surface area (Å²) in [5.41, 5.74) is 3.16. The predicted molar refractivity (Wildman–Crippen MR) is 54.3 cm³/mol. The van der Waals surface area contributed by atoms with Gasteiger partial charge in [-0.25, -0.2) is 0 Å². The molecule has 1 aliphatic rings. The van der Waals surface area contributed by atoms with Crippen LogP contribution in [0, 0.1) is 0 Å². The third-order valence-corrected chi connectivity index (χ3v) is 2.26. The molecular weight excluding hydrogens is 144 g/mol. The van der Waals surface area contributed by atoms with Crippen LogP contribution in [-0.2, 0) is 12.8 Å². The topological polar surface area (TPSA) is 0 Å². The molecule has 0 unspecified atom stereocenters. The summed E-state index contributed by atoms with van der Waals surface area (Å²) in [5.74, 6) is 0. The molecule has 0 bridgehead atoms. The minimum atomic E-state index is 1.30. The van der Waals surface area contributed by atoms with E-state index >= 15 is 0 Å². The van der Waals surface area contributed by atoms with Crippen molar-refractivity contribution in [1.29, 1.82) is 0 Å². The molecule has 0 aromatic heterocycles. The molecule has 0 N–H and O–H groups in total. The summed E-state index contributed by atoms with van der Waals surface area (Å²) >= 11 is 0. The maximum atomic E-state index is 3.00. The van der Waals surface area contributed by atoms with Gasteiger partial charge in [0.2, 0.25) is 0 Å². The molecular formula is C12H16. The van der Waals surface area contributed by atoms with E-state index < -0.39 is 0 Å². The van der Waals surface area contributed by atoms with E-state index in [-0.39, 0.29) is 0 Å². The summed E-state index contributed by atoms with van der Waals surface area (Å²) in [6, 6.07) is 8.80. The number of fused-ring (bicyclic) bond motifs is 1. The SMILES string of the molecule is C=C.c1ccc2c(c1)CCCC2. The maximum Gasteiger partial charge on any atom is -0.0276 e. The Balaban J connectivity index is 0.000000336. The lowest BCUT2D eigenvalue weighted by Gasteiger charge is -2.13. The van der Waals surface area contributed by atoms with Crippen molar-refractivity contribution in [2.45, 2.75) is 25.7 Å². The van der Waals surface area contributed by atoms with Gasteiger partial charge in [0.05, 0.1) is 0 Å². The Kier molecular flexibility index (Phi) is 3.59. The highest BCUT2D eigenvalue weighted by molar-refractivity contribution is 5.28. The van der Waals surface area contributed by atoms with Gasteiger partial charge in [-0.05, 0) is 36.8 Å². The third kappa shape index (κ3) is 1.97. The fraction of sp³-hybridized carbons (Fsp3) is 0.333. The van der Waals surface area contributed by atoms with Crippen molar-refractivity contribution >= 4 is 0 Å². The molecule has 0 fully saturated rings. The van der Waals surface area contributed by atoms with Crippen LogP contribution in [0.15, 0.2) is 37.4 Å². The molecule has 0 radical (unpaired) electrons. The average Bonchev–Trinajstić information content (AvgIpc) is 2.21. The van der Waals surface area contributed by atoms with E-state index in [0.29, 0.717) is 0 Å². The van der Waals surface area contributed by atoms with Crippen LogP contribution in [-0.4, -0.2) is 0 Å². The van der Waals surface area contributed by atoms with Crippen LogP contribution < -0.4 is 0 Å². The molecule has 64 valence electrons. The Labute approximate surface area is 74.9 Å².